The maximum Gasteiger partial charge on any atom is 0.221 e. The number of hydrogen-bond acceptors (Lipinski definition) is 3. The minimum Gasteiger partial charge on any atom is -0.441 e. The number of aromatic nitrogens is 1. The van der Waals surface area contributed by atoms with Crippen LogP contribution in [0.15, 0.2) is 71.3 Å². The minimum absolute atomic E-state index is 0.0280. The molecule has 3 aromatic rings. The molecule has 1 aromatic heterocycles. The highest BCUT2D eigenvalue weighted by Gasteiger charge is 2.22. The van der Waals surface area contributed by atoms with Gasteiger partial charge in [-0.25, -0.2) is 4.98 Å². The van der Waals surface area contributed by atoms with Crippen LogP contribution >= 0.6 is 0 Å². The van der Waals surface area contributed by atoms with Crippen molar-refractivity contribution in [3.63, 3.8) is 0 Å². The van der Waals surface area contributed by atoms with Gasteiger partial charge in [0.15, 0.2) is 11.7 Å². The Hall–Kier alpha value is -2.88. The first-order valence-corrected chi connectivity index (χ1v) is 10.1. The summed E-state index contributed by atoms with van der Waals surface area (Å²) < 4.78 is 5.81. The quantitative estimate of drug-likeness (QED) is 0.531. The molecule has 4 nitrogen and oxygen atoms in total. The van der Waals surface area contributed by atoms with Crippen molar-refractivity contribution >= 4 is 5.91 Å². The molecular weight excluding hydrogens is 348 g/mol. The van der Waals surface area contributed by atoms with Crippen molar-refractivity contribution in [3.8, 4) is 11.3 Å². The first-order valence-electron chi connectivity index (χ1n) is 10.1. The van der Waals surface area contributed by atoms with E-state index < -0.39 is 0 Å². The van der Waals surface area contributed by atoms with Crippen LogP contribution in [0.3, 0.4) is 0 Å². The number of aryl methyl sites for hydroxylation is 1. The van der Waals surface area contributed by atoms with E-state index in [0.717, 1.165) is 29.7 Å². The molecule has 0 spiro atoms. The first-order chi connectivity index (χ1) is 13.7. The lowest BCUT2D eigenvalue weighted by molar-refractivity contribution is -0.122. The maximum absolute atomic E-state index is 12.6. The van der Waals surface area contributed by atoms with Crippen LogP contribution in [0.5, 0.6) is 0 Å². The molecule has 0 bridgehead atoms. The third-order valence-electron chi connectivity index (χ3n) is 5.17. The molecule has 3 rings (SSSR count). The second kappa shape index (κ2) is 9.88. The van der Waals surface area contributed by atoms with Gasteiger partial charge in [-0.2, -0.15) is 0 Å². The van der Waals surface area contributed by atoms with Crippen molar-refractivity contribution in [3.05, 3.63) is 78.3 Å². The lowest BCUT2D eigenvalue weighted by Crippen LogP contribution is -2.33. The maximum atomic E-state index is 12.6. The standard InChI is InChI=1S/C24H28N2O2/c1-3-18(4-2)24(20-13-9-6-10-14-20)26-22(27)15-16-23-25-17-21(28-23)19-11-7-5-8-12-19/h5-14,17-18,24H,3-4,15-16H2,1-2H3,(H,26,27). The molecule has 1 heterocycles. The van der Waals surface area contributed by atoms with Crippen LogP contribution in [0.25, 0.3) is 11.3 Å². The van der Waals surface area contributed by atoms with Crippen LogP contribution in [0.4, 0.5) is 0 Å². The molecule has 0 aliphatic carbocycles. The molecule has 1 amide bonds. The summed E-state index contributed by atoms with van der Waals surface area (Å²) >= 11 is 0. The molecule has 1 N–H and O–H groups in total. The SMILES string of the molecule is CCC(CC)C(NC(=O)CCc1ncc(-c2ccccc2)o1)c1ccccc1. The molecule has 1 atom stereocenters. The second-order valence-electron chi connectivity index (χ2n) is 7.02. The summed E-state index contributed by atoms with van der Waals surface area (Å²) in [5.41, 5.74) is 2.15. The van der Waals surface area contributed by atoms with Gasteiger partial charge in [0, 0.05) is 18.4 Å². The fourth-order valence-corrected chi connectivity index (χ4v) is 3.52. The Kier molecular flexibility index (Phi) is 7.01. The smallest absolute Gasteiger partial charge is 0.221 e. The second-order valence-corrected chi connectivity index (χ2v) is 7.02. The van der Waals surface area contributed by atoms with E-state index in [4.69, 9.17) is 4.42 Å². The van der Waals surface area contributed by atoms with Gasteiger partial charge in [0.25, 0.3) is 0 Å². The summed E-state index contributed by atoms with van der Waals surface area (Å²) in [4.78, 5) is 17.0. The Morgan fingerprint density at radius 2 is 1.64 bits per heavy atom. The molecular formula is C24H28N2O2. The molecule has 0 saturated carbocycles. The van der Waals surface area contributed by atoms with Crippen molar-refractivity contribution in [2.24, 2.45) is 5.92 Å². The molecule has 0 saturated heterocycles. The van der Waals surface area contributed by atoms with Gasteiger partial charge in [-0.3, -0.25) is 4.79 Å². The summed E-state index contributed by atoms with van der Waals surface area (Å²) in [6, 6.07) is 20.1. The largest absolute Gasteiger partial charge is 0.441 e. The molecule has 0 aliphatic rings. The summed E-state index contributed by atoms with van der Waals surface area (Å²) in [5, 5.41) is 3.24. The van der Waals surface area contributed by atoms with Crippen LogP contribution in [0.2, 0.25) is 0 Å². The summed E-state index contributed by atoms with van der Waals surface area (Å²) in [7, 11) is 0. The zero-order valence-electron chi connectivity index (χ0n) is 16.6. The molecule has 4 heteroatoms. The molecule has 2 aromatic carbocycles. The Labute approximate surface area is 167 Å². The van der Waals surface area contributed by atoms with Gasteiger partial charge in [0.1, 0.15) is 0 Å². The van der Waals surface area contributed by atoms with E-state index in [1.807, 2.05) is 48.5 Å². The summed E-state index contributed by atoms with van der Waals surface area (Å²) in [5.74, 6) is 1.76. The van der Waals surface area contributed by atoms with Crippen molar-refractivity contribution in [2.75, 3.05) is 0 Å². The average molecular weight is 377 g/mol. The van der Waals surface area contributed by atoms with Gasteiger partial charge in [-0.1, -0.05) is 87.4 Å². The molecule has 28 heavy (non-hydrogen) atoms. The monoisotopic (exact) mass is 376 g/mol. The first kappa shape index (κ1) is 19.9. The van der Waals surface area contributed by atoms with Crippen LogP contribution < -0.4 is 5.32 Å². The Bertz CT molecular complexity index is 855. The highest BCUT2D eigenvalue weighted by molar-refractivity contribution is 5.76. The van der Waals surface area contributed by atoms with E-state index in [2.05, 4.69) is 36.3 Å². The summed E-state index contributed by atoms with van der Waals surface area (Å²) in [6.07, 6.45) is 4.62. The molecule has 1 unspecified atom stereocenters. The van der Waals surface area contributed by atoms with Crippen molar-refractivity contribution in [2.45, 2.75) is 45.6 Å². The molecule has 0 aliphatic heterocycles. The summed E-state index contributed by atoms with van der Waals surface area (Å²) in [6.45, 7) is 4.35. The molecule has 0 radical (unpaired) electrons. The third kappa shape index (κ3) is 5.10. The van der Waals surface area contributed by atoms with Gasteiger partial charge < -0.3 is 9.73 Å². The minimum atomic E-state index is 0.0280. The highest BCUT2D eigenvalue weighted by Crippen LogP contribution is 2.27. The number of hydrogen-bond donors (Lipinski definition) is 1. The van der Waals surface area contributed by atoms with E-state index in [1.54, 1.807) is 6.20 Å². The van der Waals surface area contributed by atoms with Crippen molar-refractivity contribution in [1.82, 2.24) is 10.3 Å². The zero-order valence-corrected chi connectivity index (χ0v) is 16.6. The highest BCUT2D eigenvalue weighted by atomic mass is 16.4. The van der Waals surface area contributed by atoms with Crippen LogP contribution in [-0.2, 0) is 11.2 Å². The van der Waals surface area contributed by atoms with Gasteiger partial charge >= 0.3 is 0 Å². The number of carbonyl (C=O) groups excluding carboxylic acids is 1. The van der Waals surface area contributed by atoms with E-state index in [9.17, 15) is 4.79 Å². The van der Waals surface area contributed by atoms with Crippen molar-refractivity contribution in [1.29, 1.82) is 0 Å². The number of oxazole rings is 1. The Morgan fingerprint density at radius 1 is 1.00 bits per heavy atom. The van der Waals surface area contributed by atoms with Gasteiger partial charge in [0.2, 0.25) is 5.91 Å². The fraction of sp³-hybridized carbons (Fsp3) is 0.333. The number of carbonyl (C=O) groups is 1. The van der Waals surface area contributed by atoms with Gasteiger partial charge in [-0.15, -0.1) is 0 Å². The van der Waals surface area contributed by atoms with Crippen LogP contribution in [-0.4, -0.2) is 10.9 Å². The fourth-order valence-electron chi connectivity index (χ4n) is 3.52. The Balaban J connectivity index is 1.61. The number of amides is 1. The zero-order chi connectivity index (χ0) is 19.8. The normalized spacial score (nSPS) is 12.1. The lowest BCUT2D eigenvalue weighted by atomic mass is 9.88. The third-order valence-corrected chi connectivity index (χ3v) is 5.17. The lowest BCUT2D eigenvalue weighted by Gasteiger charge is -2.27. The topological polar surface area (TPSA) is 55.1 Å². The van der Waals surface area contributed by atoms with E-state index >= 15 is 0 Å². The van der Waals surface area contributed by atoms with Gasteiger partial charge in [-0.05, 0) is 11.5 Å². The van der Waals surface area contributed by atoms with E-state index in [-0.39, 0.29) is 11.9 Å². The number of nitrogens with one attached hydrogen (secondary N) is 1. The average Bonchev–Trinajstić information content (AvgIpc) is 3.23. The van der Waals surface area contributed by atoms with Crippen LogP contribution in [0, 0.1) is 5.92 Å². The van der Waals surface area contributed by atoms with Crippen molar-refractivity contribution < 1.29 is 9.21 Å². The van der Waals surface area contributed by atoms with E-state index in [1.165, 1.54) is 0 Å². The van der Waals surface area contributed by atoms with Crippen LogP contribution in [0.1, 0.15) is 50.6 Å². The number of nitrogens with zero attached hydrogens (tertiary/aromatic N) is 1. The van der Waals surface area contributed by atoms with E-state index in [0.29, 0.717) is 24.7 Å². The number of rotatable bonds is 9. The molecule has 146 valence electrons. The molecule has 0 fully saturated rings. The number of benzene rings is 2. The Morgan fingerprint density at radius 3 is 2.29 bits per heavy atom. The predicted octanol–water partition coefficient (Wildman–Crippen LogP) is 5.57. The predicted molar refractivity (Wildman–Crippen MR) is 112 cm³/mol. The van der Waals surface area contributed by atoms with Gasteiger partial charge in [0.05, 0.1) is 12.2 Å².